The van der Waals surface area contributed by atoms with Gasteiger partial charge >= 0.3 is 0 Å². The molecule has 2 aromatic carbocycles. The number of benzene rings is 2. The summed E-state index contributed by atoms with van der Waals surface area (Å²) in [4.78, 5) is 4.42. The highest BCUT2D eigenvalue weighted by atomic mass is 15.2. The lowest BCUT2D eigenvalue weighted by Gasteiger charge is -2.12. The third kappa shape index (κ3) is 3.32. The van der Waals surface area contributed by atoms with Crippen molar-refractivity contribution >= 4 is 17.0 Å². The normalized spacial score (nSPS) is 12.2. The number of hydrogen-bond donors (Lipinski definition) is 2. The van der Waals surface area contributed by atoms with E-state index in [2.05, 4.69) is 20.5 Å². The summed E-state index contributed by atoms with van der Waals surface area (Å²) in [5, 5.41) is 11.4. The molecule has 3 N–H and O–H groups in total. The van der Waals surface area contributed by atoms with E-state index in [0.29, 0.717) is 12.5 Å². The Bertz CT molecular complexity index is 714. The lowest BCUT2D eigenvalue weighted by atomic mass is 10.1. The molecule has 0 aliphatic carbocycles. The van der Waals surface area contributed by atoms with Gasteiger partial charge in [-0.25, -0.2) is 4.98 Å². The summed E-state index contributed by atoms with van der Waals surface area (Å²) in [6.07, 6.45) is 0.806. The maximum atomic E-state index is 6.15. The first-order valence-electron chi connectivity index (χ1n) is 6.97. The van der Waals surface area contributed by atoms with Gasteiger partial charge in [-0.05, 0) is 24.1 Å². The molecule has 3 aromatic rings. The quantitative estimate of drug-likeness (QED) is 0.750. The molecule has 106 valence electrons. The number of rotatable bonds is 5. The van der Waals surface area contributed by atoms with E-state index in [4.69, 9.17) is 5.73 Å². The fourth-order valence-electron chi connectivity index (χ4n) is 2.16. The summed E-state index contributed by atoms with van der Waals surface area (Å²) >= 11 is 0. The molecule has 3 rings (SSSR count). The number of nitrogens with two attached hydrogens (primary N) is 1. The van der Waals surface area contributed by atoms with Gasteiger partial charge in [0.1, 0.15) is 5.52 Å². The molecule has 0 radical (unpaired) electrons. The number of para-hydroxylation sites is 1. The van der Waals surface area contributed by atoms with E-state index in [0.717, 1.165) is 23.0 Å². The minimum atomic E-state index is 0.00659. The molecule has 1 heterocycles. The molecule has 21 heavy (non-hydrogen) atoms. The third-order valence-electron chi connectivity index (χ3n) is 3.33. The number of nitrogens with zero attached hydrogens (tertiary/aromatic N) is 3. The van der Waals surface area contributed by atoms with E-state index in [1.54, 1.807) is 0 Å². The second-order valence-electron chi connectivity index (χ2n) is 4.86. The zero-order chi connectivity index (χ0) is 14.5. The molecule has 0 fully saturated rings. The number of nitrogens with one attached hydrogen (secondary N) is 1. The van der Waals surface area contributed by atoms with Gasteiger partial charge in [-0.1, -0.05) is 42.5 Å². The Balaban J connectivity index is 1.59. The highest BCUT2D eigenvalue weighted by molar-refractivity contribution is 5.73. The zero-order valence-electron chi connectivity index (χ0n) is 11.6. The molecule has 5 heteroatoms. The van der Waals surface area contributed by atoms with Crippen molar-refractivity contribution in [3.05, 3.63) is 60.2 Å². The van der Waals surface area contributed by atoms with Crippen LogP contribution in [0.5, 0.6) is 0 Å². The van der Waals surface area contributed by atoms with E-state index >= 15 is 0 Å². The van der Waals surface area contributed by atoms with E-state index in [1.807, 2.05) is 54.6 Å². The van der Waals surface area contributed by atoms with Crippen molar-refractivity contribution < 1.29 is 0 Å². The molecule has 0 aliphatic heterocycles. The summed E-state index contributed by atoms with van der Waals surface area (Å²) in [5.74, 6) is 0.536. The van der Waals surface area contributed by atoms with Gasteiger partial charge < -0.3 is 11.1 Å². The molecule has 0 saturated heterocycles. The predicted molar refractivity (Wildman–Crippen MR) is 83.8 cm³/mol. The van der Waals surface area contributed by atoms with Crippen LogP contribution in [0.4, 0.5) is 5.95 Å². The van der Waals surface area contributed by atoms with Crippen LogP contribution in [0.15, 0.2) is 54.6 Å². The molecular formula is C16H17N5. The Labute approximate surface area is 123 Å². The SMILES string of the molecule is NC(CCNc1nnc2ccccc2n1)c1ccccc1. The van der Waals surface area contributed by atoms with Gasteiger partial charge in [-0.2, -0.15) is 0 Å². The zero-order valence-corrected chi connectivity index (χ0v) is 11.6. The van der Waals surface area contributed by atoms with Crippen molar-refractivity contribution in [3.8, 4) is 0 Å². The first kappa shape index (κ1) is 13.5. The average molecular weight is 279 g/mol. The van der Waals surface area contributed by atoms with Gasteiger partial charge in [0.2, 0.25) is 5.95 Å². The molecule has 1 unspecified atom stereocenters. The molecule has 5 nitrogen and oxygen atoms in total. The molecule has 0 aliphatic rings. The van der Waals surface area contributed by atoms with Gasteiger partial charge in [0.25, 0.3) is 0 Å². The lowest BCUT2D eigenvalue weighted by Crippen LogP contribution is -2.16. The van der Waals surface area contributed by atoms with Crippen molar-refractivity contribution in [1.29, 1.82) is 0 Å². The van der Waals surface area contributed by atoms with E-state index in [9.17, 15) is 0 Å². The summed E-state index contributed by atoms with van der Waals surface area (Å²) < 4.78 is 0. The van der Waals surface area contributed by atoms with Crippen LogP contribution < -0.4 is 11.1 Å². The minimum Gasteiger partial charge on any atom is -0.353 e. The predicted octanol–water partition coefficient (Wildman–Crippen LogP) is 2.53. The Morgan fingerprint density at radius 3 is 2.43 bits per heavy atom. The van der Waals surface area contributed by atoms with Crippen LogP contribution in [-0.4, -0.2) is 21.7 Å². The Morgan fingerprint density at radius 2 is 1.62 bits per heavy atom. The number of hydrogen-bond acceptors (Lipinski definition) is 5. The Kier molecular flexibility index (Phi) is 4.02. The van der Waals surface area contributed by atoms with Crippen molar-refractivity contribution in [3.63, 3.8) is 0 Å². The second-order valence-corrected chi connectivity index (χ2v) is 4.86. The minimum absolute atomic E-state index is 0.00659. The van der Waals surface area contributed by atoms with Crippen LogP contribution in [0, 0.1) is 0 Å². The van der Waals surface area contributed by atoms with Crippen LogP contribution in [0.3, 0.4) is 0 Å². The second kappa shape index (κ2) is 6.28. The number of anilines is 1. The first-order chi connectivity index (χ1) is 10.3. The smallest absolute Gasteiger partial charge is 0.243 e. The largest absolute Gasteiger partial charge is 0.353 e. The lowest BCUT2D eigenvalue weighted by molar-refractivity contribution is 0.672. The Hall–Kier alpha value is -2.53. The molecule has 0 saturated carbocycles. The molecular weight excluding hydrogens is 262 g/mol. The maximum Gasteiger partial charge on any atom is 0.243 e. The van der Waals surface area contributed by atoms with Crippen LogP contribution in [0.25, 0.3) is 11.0 Å². The van der Waals surface area contributed by atoms with Crippen molar-refractivity contribution in [2.45, 2.75) is 12.5 Å². The van der Waals surface area contributed by atoms with Gasteiger partial charge in [0.05, 0.1) is 5.52 Å². The van der Waals surface area contributed by atoms with Crippen LogP contribution in [0.1, 0.15) is 18.0 Å². The first-order valence-corrected chi connectivity index (χ1v) is 6.97. The van der Waals surface area contributed by atoms with Crippen molar-refractivity contribution in [1.82, 2.24) is 15.2 Å². The van der Waals surface area contributed by atoms with Gasteiger partial charge in [0, 0.05) is 12.6 Å². The number of aromatic nitrogens is 3. The molecule has 0 spiro atoms. The van der Waals surface area contributed by atoms with Crippen LogP contribution >= 0.6 is 0 Å². The van der Waals surface area contributed by atoms with Crippen molar-refractivity contribution in [2.75, 3.05) is 11.9 Å². The number of fused-ring (bicyclic) bond motifs is 1. The molecule has 0 bridgehead atoms. The monoisotopic (exact) mass is 279 g/mol. The Morgan fingerprint density at radius 1 is 0.905 bits per heavy atom. The summed E-state index contributed by atoms with van der Waals surface area (Å²) in [7, 11) is 0. The fourth-order valence-corrected chi connectivity index (χ4v) is 2.16. The summed E-state index contributed by atoms with van der Waals surface area (Å²) in [6.45, 7) is 0.704. The van der Waals surface area contributed by atoms with E-state index < -0.39 is 0 Å². The summed E-state index contributed by atoms with van der Waals surface area (Å²) in [5.41, 5.74) is 8.92. The van der Waals surface area contributed by atoms with E-state index in [-0.39, 0.29) is 6.04 Å². The highest BCUT2D eigenvalue weighted by Crippen LogP contribution is 2.13. The van der Waals surface area contributed by atoms with Gasteiger partial charge in [-0.15, -0.1) is 10.2 Å². The van der Waals surface area contributed by atoms with Crippen molar-refractivity contribution in [2.24, 2.45) is 5.73 Å². The highest BCUT2D eigenvalue weighted by Gasteiger charge is 2.06. The van der Waals surface area contributed by atoms with Gasteiger partial charge in [-0.3, -0.25) is 0 Å². The molecule has 0 amide bonds. The molecule has 1 aromatic heterocycles. The standard InChI is InChI=1S/C16H17N5/c17-13(12-6-2-1-3-7-12)10-11-18-16-19-14-8-4-5-9-15(14)20-21-16/h1-9,13H,10-11,17H2,(H,18,19,21). The average Bonchev–Trinajstić information content (AvgIpc) is 2.55. The fraction of sp³-hybridized carbons (Fsp3) is 0.188. The third-order valence-corrected chi connectivity index (χ3v) is 3.33. The van der Waals surface area contributed by atoms with Gasteiger partial charge in [0.15, 0.2) is 0 Å². The topological polar surface area (TPSA) is 76.7 Å². The molecule has 1 atom stereocenters. The summed E-state index contributed by atoms with van der Waals surface area (Å²) in [6, 6.07) is 17.7. The van der Waals surface area contributed by atoms with E-state index in [1.165, 1.54) is 0 Å². The van der Waals surface area contributed by atoms with Crippen LogP contribution in [0.2, 0.25) is 0 Å². The van der Waals surface area contributed by atoms with Crippen LogP contribution in [-0.2, 0) is 0 Å². The maximum absolute atomic E-state index is 6.15.